The summed E-state index contributed by atoms with van der Waals surface area (Å²) in [6.45, 7) is 1.94. The van der Waals surface area contributed by atoms with E-state index in [1.807, 2.05) is 20.2 Å². The van der Waals surface area contributed by atoms with Crippen molar-refractivity contribution in [2.75, 3.05) is 0 Å². The third kappa shape index (κ3) is 2.40. The second-order valence-corrected chi connectivity index (χ2v) is 3.81. The molecular weight excluding hydrogens is 204 g/mol. The summed E-state index contributed by atoms with van der Waals surface area (Å²) in [4.78, 5) is 8.38. The number of nitrogens with two attached hydrogens (primary N) is 1. The number of aromatic nitrogens is 5. The summed E-state index contributed by atoms with van der Waals surface area (Å²) in [5.74, 6) is 0.635. The van der Waals surface area contributed by atoms with E-state index in [4.69, 9.17) is 5.73 Å². The van der Waals surface area contributed by atoms with Crippen LogP contribution in [0.1, 0.15) is 23.1 Å². The van der Waals surface area contributed by atoms with Crippen molar-refractivity contribution in [3.05, 3.63) is 35.7 Å². The van der Waals surface area contributed by atoms with E-state index in [9.17, 15) is 0 Å². The van der Waals surface area contributed by atoms with Crippen LogP contribution in [0.25, 0.3) is 0 Å². The zero-order chi connectivity index (χ0) is 11.5. The largest absolute Gasteiger partial charge is 0.321 e. The van der Waals surface area contributed by atoms with E-state index in [0.717, 1.165) is 11.3 Å². The first-order chi connectivity index (χ1) is 7.65. The van der Waals surface area contributed by atoms with Gasteiger partial charge in [0.15, 0.2) is 0 Å². The first kappa shape index (κ1) is 10.7. The third-order valence-corrected chi connectivity index (χ3v) is 2.21. The van der Waals surface area contributed by atoms with Crippen LogP contribution in [-0.2, 0) is 13.5 Å². The van der Waals surface area contributed by atoms with Gasteiger partial charge in [0.05, 0.1) is 11.7 Å². The minimum absolute atomic E-state index is 0.239. The molecule has 16 heavy (non-hydrogen) atoms. The minimum atomic E-state index is -0.239. The van der Waals surface area contributed by atoms with Crippen LogP contribution in [0.15, 0.2) is 18.6 Å². The molecule has 6 heteroatoms. The zero-order valence-corrected chi connectivity index (χ0v) is 9.33. The van der Waals surface area contributed by atoms with E-state index >= 15 is 0 Å². The van der Waals surface area contributed by atoms with Crippen molar-refractivity contribution in [2.24, 2.45) is 12.8 Å². The fourth-order valence-corrected chi connectivity index (χ4v) is 1.40. The Hall–Kier alpha value is -1.82. The molecule has 0 aliphatic carbocycles. The van der Waals surface area contributed by atoms with Gasteiger partial charge in [-0.25, -0.2) is 9.97 Å². The number of hydrogen-bond acceptors (Lipinski definition) is 5. The molecule has 0 saturated carbocycles. The van der Waals surface area contributed by atoms with Gasteiger partial charge in [-0.05, 0) is 12.5 Å². The molecule has 1 atom stereocenters. The summed E-state index contributed by atoms with van der Waals surface area (Å²) in [5.41, 5.74) is 7.85. The number of hydrogen-bond donors (Lipinski definition) is 1. The molecule has 0 bridgehead atoms. The highest BCUT2D eigenvalue weighted by atomic mass is 15.4. The summed E-state index contributed by atoms with van der Waals surface area (Å²) in [5, 5.41) is 7.82. The van der Waals surface area contributed by atoms with Gasteiger partial charge in [-0.1, -0.05) is 5.21 Å². The van der Waals surface area contributed by atoms with Gasteiger partial charge in [-0.3, -0.25) is 4.68 Å². The van der Waals surface area contributed by atoms with Gasteiger partial charge >= 0.3 is 0 Å². The van der Waals surface area contributed by atoms with Crippen LogP contribution in [0.3, 0.4) is 0 Å². The highest BCUT2D eigenvalue weighted by Crippen LogP contribution is 2.09. The number of rotatable bonds is 3. The Kier molecular flexibility index (Phi) is 2.91. The van der Waals surface area contributed by atoms with Crippen molar-refractivity contribution in [3.8, 4) is 0 Å². The molecule has 2 N–H and O–H groups in total. The van der Waals surface area contributed by atoms with Crippen LogP contribution in [0.4, 0.5) is 0 Å². The van der Waals surface area contributed by atoms with E-state index in [-0.39, 0.29) is 6.04 Å². The summed E-state index contributed by atoms with van der Waals surface area (Å²) in [7, 11) is 1.82. The van der Waals surface area contributed by atoms with Crippen molar-refractivity contribution in [2.45, 2.75) is 19.4 Å². The van der Waals surface area contributed by atoms with Gasteiger partial charge in [0.2, 0.25) is 0 Å². The van der Waals surface area contributed by atoms with Crippen LogP contribution in [0.5, 0.6) is 0 Å². The number of nitrogens with zero attached hydrogens (tertiary/aromatic N) is 5. The molecule has 0 aliphatic rings. The molecular formula is C10H14N6. The molecule has 0 radical (unpaired) electrons. The molecule has 2 rings (SSSR count). The van der Waals surface area contributed by atoms with E-state index in [1.165, 1.54) is 0 Å². The van der Waals surface area contributed by atoms with Crippen LogP contribution in [0, 0.1) is 6.92 Å². The second kappa shape index (κ2) is 4.36. The molecule has 0 saturated heterocycles. The van der Waals surface area contributed by atoms with Crippen LogP contribution in [0.2, 0.25) is 0 Å². The van der Waals surface area contributed by atoms with Gasteiger partial charge < -0.3 is 5.73 Å². The predicted molar refractivity (Wildman–Crippen MR) is 58.4 cm³/mol. The van der Waals surface area contributed by atoms with Gasteiger partial charge in [0, 0.05) is 32.1 Å². The molecule has 84 valence electrons. The van der Waals surface area contributed by atoms with Crippen LogP contribution >= 0.6 is 0 Å². The predicted octanol–water partition coefficient (Wildman–Crippen LogP) is 0.156. The lowest BCUT2D eigenvalue weighted by atomic mass is 10.1. The third-order valence-electron chi connectivity index (χ3n) is 2.21. The molecule has 0 fully saturated rings. The number of aryl methyl sites for hydroxylation is 2. The molecule has 6 nitrogen and oxygen atoms in total. The summed E-state index contributed by atoms with van der Waals surface area (Å²) in [6, 6.07) is -0.239. The van der Waals surface area contributed by atoms with Crippen LogP contribution < -0.4 is 5.73 Å². The molecule has 0 aliphatic heterocycles. The Balaban J connectivity index is 2.08. The van der Waals surface area contributed by atoms with Crippen molar-refractivity contribution in [1.82, 2.24) is 25.0 Å². The summed E-state index contributed by atoms with van der Waals surface area (Å²) >= 11 is 0. The average Bonchev–Trinajstić information content (AvgIpc) is 2.65. The maximum absolute atomic E-state index is 5.98. The standard InChI is InChI=1S/C10H14N6/c1-7-4-12-10(13-5-7)9(11)3-8-6-16(2)15-14-8/h4-6,9H,3,11H2,1-2H3. The Morgan fingerprint density at radius 1 is 1.38 bits per heavy atom. The van der Waals surface area contributed by atoms with Gasteiger partial charge in [0.1, 0.15) is 5.82 Å². The molecule has 0 spiro atoms. The average molecular weight is 218 g/mol. The van der Waals surface area contributed by atoms with Gasteiger partial charge in [0.25, 0.3) is 0 Å². The smallest absolute Gasteiger partial charge is 0.145 e. The topological polar surface area (TPSA) is 82.5 Å². The molecule has 0 amide bonds. The lowest BCUT2D eigenvalue weighted by Crippen LogP contribution is -2.16. The quantitative estimate of drug-likeness (QED) is 0.793. The second-order valence-electron chi connectivity index (χ2n) is 3.81. The highest BCUT2D eigenvalue weighted by molar-refractivity contribution is 5.07. The summed E-state index contributed by atoms with van der Waals surface area (Å²) in [6.07, 6.45) is 5.96. The maximum atomic E-state index is 5.98. The van der Waals surface area contributed by atoms with Gasteiger partial charge in [-0.15, -0.1) is 5.10 Å². The van der Waals surface area contributed by atoms with Crippen LogP contribution in [-0.4, -0.2) is 25.0 Å². The lowest BCUT2D eigenvalue weighted by Gasteiger charge is -2.07. The van der Waals surface area contributed by atoms with E-state index in [1.54, 1.807) is 17.1 Å². The van der Waals surface area contributed by atoms with E-state index in [2.05, 4.69) is 20.3 Å². The molecule has 2 aromatic heterocycles. The molecule has 0 aromatic carbocycles. The first-order valence-corrected chi connectivity index (χ1v) is 5.04. The SMILES string of the molecule is Cc1cnc(C(N)Cc2cn(C)nn2)nc1. The summed E-state index contributed by atoms with van der Waals surface area (Å²) < 4.78 is 1.65. The van der Waals surface area contributed by atoms with Crippen molar-refractivity contribution in [1.29, 1.82) is 0 Å². The van der Waals surface area contributed by atoms with Crippen molar-refractivity contribution in [3.63, 3.8) is 0 Å². The van der Waals surface area contributed by atoms with E-state index in [0.29, 0.717) is 12.2 Å². The minimum Gasteiger partial charge on any atom is -0.321 e. The van der Waals surface area contributed by atoms with E-state index < -0.39 is 0 Å². The normalized spacial score (nSPS) is 12.7. The molecule has 2 aromatic rings. The Bertz CT molecular complexity index is 460. The van der Waals surface area contributed by atoms with Crippen molar-refractivity contribution < 1.29 is 0 Å². The Morgan fingerprint density at radius 2 is 2.06 bits per heavy atom. The zero-order valence-electron chi connectivity index (χ0n) is 9.33. The van der Waals surface area contributed by atoms with Gasteiger partial charge in [-0.2, -0.15) is 0 Å². The Labute approximate surface area is 93.5 Å². The first-order valence-electron chi connectivity index (χ1n) is 5.04. The fraction of sp³-hybridized carbons (Fsp3) is 0.400. The Morgan fingerprint density at radius 3 is 2.62 bits per heavy atom. The monoisotopic (exact) mass is 218 g/mol. The lowest BCUT2D eigenvalue weighted by molar-refractivity contribution is 0.652. The van der Waals surface area contributed by atoms with Crippen molar-refractivity contribution >= 4 is 0 Å². The maximum Gasteiger partial charge on any atom is 0.145 e. The highest BCUT2D eigenvalue weighted by Gasteiger charge is 2.11. The molecule has 1 unspecified atom stereocenters. The molecule has 2 heterocycles. The fourth-order valence-electron chi connectivity index (χ4n) is 1.40.